The summed E-state index contributed by atoms with van der Waals surface area (Å²) in [6.07, 6.45) is 0. The molecule has 1 aromatic heterocycles. The van der Waals surface area contributed by atoms with E-state index in [9.17, 15) is 4.79 Å². The molecule has 1 fully saturated rings. The molecule has 2 aromatic carbocycles. The van der Waals surface area contributed by atoms with E-state index in [4.69, 9.17) is 13.9 Å². The first-order valence-corrected chi connectivity index (χ1v) is 9.83. The minimum Gasteiger partial charge on any atom is -0.493 e. The SMILES string of the molecule is COc1cc(C)c(CN2CCN(Cn3c(=O)oc4ccccc43)CC2)cc1OC. The van der Waals surface area contributed by atoms with Crippen LogP contribution in [0.25, 0.3) is 11.1 Å². The summed E-state index contributed by atoms with van der Waals surface area (Å²) in [7, 11) is 3.32. The van der Waals surface area contributed by atoms with E-state index in [1.165, 1.54) is 11.1 Å². The fourth-order valence-electron chi connectivity index (χ4n) is 3.87. The first-order chi connectivity index (χ1) is 14.1. The van der Waals surface area contributed by atoms with Crippen molar-refractivity contribution in [2.24, 2.45) is 0 Å². The number of aromatic nitrogens is 1. The lowest BCUT2D eigenvalue weighted by Gasteiger charge is -2.35. The van der Waals surface area contributed by atoms with Crippen molar-refractivity contribution < 1.29 is 13.9 Å². The normalized spacial score (nSPS) is 15.7. The second kappa shape index (κ2) is 8.31. The molecule has 0 radical (unpaired) electrons. The Kier molecular flexibility index (Phi) is 5.60. The van der Waals surface area contributed by atoms with E-state index in [0.29, 0.717) is 12.3 Å². The van der Waals surface area contributed by atoms with Crippen molar-refractivity contribution in [2.75, 3.05) is 40.4 Å². The van der Waals surface area contributed by atoms with Crippen molar-refractivity contribution >= 4 is 11.1 Å². The minimum atomic E-state index is -0.297. The molecule has 2 heterocycles. The molecule has 1 saturated heterocycles. The lowest BCUT2D eigenvalue weighted by Crippen LogP contribution is -2.47. The van der Waals surface area contributed by atoms with Crippen molar-refractivity contribution in [3.63, 3.8) is 0 Å². The minimum absolute atomic E-state index is 0.297. The van der Waals surface area contributed by atoms with Crippen LogP contribution in [0.4, 0.5) is 0 Å². The Balaban J connectivity index is 1.40. The summed E-state index contributed by atoms with van der Waals surface area (Å²) in [5.41, 5.74) is 3.93. The van der Waals surface area contributed by atoms with E-state index in [1.807, 2.05) is 30.3 Å². The quantitative estimate of drug-likeness (QED) is 0.637. The number of rotatable bonds is 6. The molecule has 4 rings (SSSR count). The van der Waals surface area contributed by atoms with Crippen LogP contribution in [0.3, 0.4) is 0 Å². The van der Waals surface area contributed by atoms with E-state index in [-0.39, 0.29) is 5.76 Å². The number of oxazole rings is 1. The molecule has 0 unspecified atom stereocenters. The number of piperazine rings is 1. The van der Waals surface area contributed by atoms with Crippen LogP contribution in [0.5, 0.6) is 11.5 Å². The molecule has 0 aliphatic carbocycles. The highest BCUT2D eigenvalue weighted by molar-refractivity contribution is 5.72. The summed E-state index contributed by atoms with van der Waals surface area (Å²) in [5.74, 6) is 1.23. The maximum atomic E-state index is 12.2. The Morgan fingerprint density at radius 1 is 0.966 bits per heavy atom. The van der Waals surface area contributed by atoms with Gasteiger partial charge in [-0.05, 0) is 42.3 Å². The summed E-state index contributed by atoms with van der Waals surface area (Å²) >= 11 is 0. The van der Waals surface area contributed by atoms with Gasteiger partial charge in [0.1, 0.15) is 0 Å². The standard InChI is InChI=1S/C22H27N3O4/c1-16-12-20(27-2)21(28-3)13-17(16)14-23-8-10-24(11-9-23)15-25-18-6-4-5-7-19(18)29-22(25)26/h4-7,12-13H,8-11,14-15H2,1-3H3. The van der Waals surface area contributed by atoms with Crippen LogP contribution in [0, 0.1) is 6.92 Å². The highest BCUT2D eigenvalue weighted by Gasteiger charge is 2.20. The Bertz CT molecular complexity index is 1050. The number of hydrogen-bond acceptors (Lipinski definition) is 6. The van der Waals surface area contributed by atoms with E-state index in [1.54, 1.807) is 18.8 Å². The van der Waals surface area contributed by atoms with Crippen LogP contribution in [-0.2, 0) is 13.2 Å². The fraction of sp³-hybridized carbons (Fsp3) is 0.409. The van der Waals surface area contributed by atoms with Crippen molar-refractivity contribution in [1.82, 2.24) is 14.4 Å². The Morgan fingerprint density at radius 3 is 2.34 bits per heavy atom. The third-order valence-corrected chi connectivity index (χ3v) is 5.62. The first kappa shape index (κ1) is 19.5. The Hall–Kier alpha value is -2.77. The number of nitrogens with zero attached hydrogens (tertiary/aromatic N) is 3. The Morgan fingerprint density at radius 2 is 1.62 bits per heavy atom. The van der Waals surface area contributed by atoms with Crippen LogP contribution in [0.15, 0.2) is 45.6 Å². The van der Waals surface area contributed by atoms with Gasteiger partial charge >= 0.3 is 5.76 Å². The number of benzene rings is 2. The van der Waals surface area contributed by atoms with E-state index in [2.05, 4.69) is 22.8 Å². The van der Waals surface area contributed by atoms with Gasteiger partial charge in [-0.2, -0.15) is 0 Å². The molecule has 29 heavy (non-hydrogen) atoms. The molecule has 154 valence electrons. The van der Waals surface area contributed by atoms with Gasteiger partial charge in [0.15, 0.2) is 17.1 Å². The summed E-state index contributed by atoms with van der Waals surface area (Å²) < 4.78 is 17.9. The number of fused-ring (bicyclic) bond motifs is 1. The molecule has 3 aromatic rings. The van der Waals surface area contributed by atoms with E-state index < -0.39 is 0 Å². The van der Waals surface area contributed by atoms with Crippen molar-refractivity contribution in [1.29, 1.82) is 0 Å². The van der Waals surface area contributed by atoms with Crippen LogP contribution < -0.4 is 15.2 Å². The second-order valence-electron chi connectivity index (χ2n) is 7.43. The van der Waals surface area contributed by atoms with Gasteiger partial charge in [0.2, 0.25) is 0 Å². The van der Waals surface area contributed by atoms with Crippen molar-refractivity contribution in [3.05, 3.63) is 58.1 Å². The molecular formula is C22H27N3O4. The largest absolute Gasteiger partial charge is 0.493 e. The molecule has 0 atom stereocenters. The molecule has 0 amide bonds. The zero-order valence-electron chi connectivity index (χ0n) is 17.2. The molecule has 1 aliphatic heterocycles. The van der Waals surface area contributed by atoms with E-state index >= 15 is 0 Å². The number of para-hydroxylation sites is 2. The number of aryl methyl sites for hydroxylation is 1. The lowest BCUT2D eigenvalue weighted by molar-refractivity contribution is 0.102. The molecule has 0 bridgehead atoms. The summed E-state index contributed by atoms with van der Waals surface area (Å²) in [5, 5.41) is 0. The van der Waals surface area contributed by atoms with Crippen molar-refractivity contribution in [3.8, 4) is 11.5 Å². The van der Waals surface area contributed by atoms with Crippen molar-refractivity contribution in [2.45, 2.75) is 20.1 Å². The molecular weight excluding hydrogens is 370 g/mol. The van der Waals surface area contributed by atoms with Gasteiger partial charge in [0.05, 0.1) is 26.4 Å². The molecule has 7 heteroatoms. The maximum absolute atomic E-state index is 12.2. The average molecular weight is 397 g/mol. The van der Waals surface area contributed by atoms with Gasteiger partial charge in [-0.1, -0.05) is 12.1 Å². The molecule has 1 aliphatic rings. The Labute approximate surface area is 170 Å². The number of hydrogen-bond donors (Lipinski definition) is 0. The van der Waals surface area contributed by atoms with Gasteiger partial charge < -0.3 is 13.9 Å². The third kappa shape index (κ3) is 4.02. The molecule has 0 saturated carbocycles. The summed E-state index contributed by atoms with van der Waals surface area (Å²) in [4.78, 5) is 16.9. The second-order valence-corrected chi connectivity index (χ2v) is 7.43. The smallest absolute Gasteiger partial charge is 0.421 e. The first-order valence-electron chi connectivity index (χ1n) is 9.83. The summed E-state index contributed by atoms with van der Waals surface area (Å²) in [6.45, 7) is 7.21. The van der Waals surface area contributed by atoms with Crippen LogP contribution >= 0.6 is 0 Å². The molecule has 0 spiro atoms. The van der Waals surface area contributed by atoms with Gasteiger partial charge in [-0.25, -0.2) is 4.79 Å². The van der Waals surface area contributed by atoms with Gasteiger partial charge in [0, 0.05) is 32.7 Å². The van der Waals surface area contributed by atoms with E-state index in [0.717, 1.165) is 49.7 Å². The topological polar surface area (TPSA) is 60.1 Å². The fourth-order valence-corrected chi connectivity index (χ4v) is 3.87. The highest BCUT2D eigenvalue weighted by Crippen LogP contribution is 2.31. The summed E-state index contributed by atoms with van der Waals surface area (Å²) in [6, 6.07) is 11.7. The monoisotopic (exact) mass is 397 g/mol. The number of ether oxygens (including phenoxy) is 2. The van der Waals surface area contributed by atoms with Crippen LogP contribution in [0.2, 0.25) is 0 Å². The third-order valence-electron chi connectivity index (χ3n) is 5.62. The molecule has 7 nitrogen and oxygen atoms in total. The van der Waals surface area contributed by atoms with Gasteiger partial charge in [-0.3, -0.25) is 14.4 Å². The van der Waals surface area contributed by atoms with Crippen LogP contribution in [-0.4, -0.2) is 54.8 Å². The lowest BCUT2D eigenvalue weighted by atomic mass is 10.1. The predicted octanol–water partition coefficient (Wildman–Crippen LogP) is 2.70. The van der Waals surface area contributed by atoms with Crippen LogP contribution in [0.1, 0.15) is 11.1 Å². The predicted molar refractivity (Wildman–Crippen MR) is 112 cm³/mol. The highest BCUT2D eigenvalue weighted by atomic mass is 16.5. The average Bonchev–Trinajstić information content (AvgIpc) is 3.05. The maximum Gasteiger partial charge on any atom is 0.421 e. The zero-order chi connectivity index (χ0) is 20.4. The van der Waals surface area contributed by atoms with Gasteiger partial charge in [-0.15, -0.1) is 0 Å². The zero-order valence-corrected chi connectivity index (χ0v) is 17.2. The van der Waals surface area contributed by atoms with Gasteiger partial charge in [0.25, 0.3) is 0 Å². The number of methoxy groups -OCH3 is 2. The molecule has 0 N–H and O–H groups in total.